The number of fused-ring (bicyclic) bond motifs is 1. The van der Waals surface area contributed by atoms with Gasteiger partial charge in [0, 0.05) is 5.39 Å². The number of anilines is 1. The molecule has 0 saturated heterocycles. The monoisotopic (exact) mass is 259 g/mol. The van der Waals surface area contributed by atoms with Crippen molar-refractivity contribution in [3.8, 4) is 5.75 Å². The molecule has 2 rings (SSSR count). The minimum absolute atomic E-state index is 0.289. The second kappa shape index (κ2) is 5.39. The number of methoxy groups -OCH3 is 2. The van der Waals surface area contributed by atoms with E-state index in [1.54, 1.807) is 12.1 Å². The topological polar surface area (TPSA) is 64.6 Å². The van der Waals surface area contributed by atoms with Crippen molar-refractivity contribution in [1.82, 2.24) is 0 Å². The zero-order valence-electron chi connectivity index (χ0n) is 10.6. The lowest BCUT2D eigenvalue weighted by molar-refractivity contribution is -0.105. The van der Waals surface area contributed by atoms with Crippen molar-refractivity contribution in [2.45, 2.75) is 0 Å². The molecule has 0 aromatic heterocycles. The van der Waals surface area contributed by atoms with Gasteiger partial charge in [0.05, 0.1) is 19.9 Å². The quantitative estimate of drug-likeness (QED) is 0.675. The van der Waals surface area contributed by atoms with E-state index in [0.717, 1.165) is 5.39 Å². The van der Waals surface area contributed by atoms with Crippen LogP contribution in [-0.2, 0) is 9.53 Å². The summed E-state index contributed by atoms with van der Waals surface area (Å²) in [7, 11) is 2.74. The Morgan fingerprint density at radius 2 is 2.00 bits per heavy atom. The van der Waals surface area contributed by atoms with Crippen molar-refractivity contribution in [3.63, 3.8) is 0 Å². The summed E-state index contributed by atoms with van der Waals surface area (Å²) in [6, 6.07) is 9.06. The van der Waals surface area contributed by atoms with Gasteiger partial charge in [-0.2, -0.15) is 0 Å². The van der Waals surface area contributed by atoms with E-state index in [1.807, 2.05) is 18.2 Å². The number of benzene rings is 2. The molecule has 1 amide bonds. The van der Waals surface area contributed by atoms with Gasteiger partial charge in [-0.3, -0.25) is 4.79 Å². The largest absolute Gasteiger partial charge is 0.494 e. The Morgan fingerprint density at radius 1 is 1.26 bits per heavy atom. The molecule has 0 aliphatic heterocycles. The highest BCUT2D eigenvalue weighted by molar-refractivity contribution is 6.10. The molecule has 0 saturated carbocycles. The number of carbonyl (C=O) groups is 2. The number of amides is 1. The summed E-state index contributed by atoms with van der Waals surface area (Å²) < 4.78 is 10.0. The van der Waals surface area contributed by atoms with Crippen molar-refractivity contribution in [1.29, 1.82) is 0 Å². The van der Waals surface area contributed by atoms with Crippen molar-refractivity contribution >= 4 is 28.8 Å². The van der Waals surface area contributed by atoms with Crippen LogP contribution in [0.5, 0.6) is 5.75 Å². The molecule has 5 nitrogen and oxygen atoms in total. The number of esters is 1. The molecule has 0 radical (unpaired) electrons. The lowest BCUT2D eigenvalue weighted by atomic mass is 10.0. The van der Waals surface area contributed by atoms with Crippen LogP contribution in [0.25, 0.3) is 10.8 Å². The normalized spacial score (nSPS) is 10.0. The number of hydrogen-bond acceptors (Lipinski definition) is 4. The van der Waals surface area contributed by atoms with Crippen LogP contribution in [0.3, 0.4) is 0 Å². The summed E-state index contributed by atoms with van der Waals surface area (Å²) in [4.78, 5) is 22.6. The van der Waals surface area contributed by atoms with Crippen molar-refractivity contribution in [2.24, 2.45) is 0 Å². The van der Waals surface area contributed by atoms with Crippen LogP contribution in [0.15, 0.2) is 30.3 Å². The van der Waals surface area contributed by atoms with Gasteiger partial charge < -0.3 is 14.8 Å². The fourth-order valence-electron chi connectivity index (χ4n) is 2.02. The molecule has 5 heteroatoms. The Balaban J connectivity index is 2.84. The fourth-order valence-corrected chi connectivity index (χ4v) is 2.02. The highest BCUT2D eigenvalue weighted by atomic mass is 16.5. The van der Waals surface area contributed by atoms with Crippen molar-refractivity contribution in [2.75, 3.05) is 19.5 Å². The zero-order valence-corrected chi connectivity index (χ0v) is 10.6. The minimum Gasteiger partial charge on any atom is -0.494 e. The van der Waals surface area contributed by atoms with Crippen LogP contribution in [0.4, 0.5) is 5.69 Å². The van der Waals surface area contributed by atoms with Crippen LogP contribution in [0.2, 0.25) is 0 Å². The summed E-state index contributed by atoms with van der Waals surface area (Å²) in [5.41, 5.74) is 0.726. The van der Waals surface area contributed by atoms with Crippen molar-refractivity contribution in [3.05, 3.63) is 35.9 Å². The van der Waals surface area contributed by atoms with E-state index >= 15 is 0 Å². The van der Waals surface area contributed by atoms with Gasteiger partial charge in [-0.25, -0.2) is 4.79 Å². The molecule has 0 unspecified atom stereocenters. The molecule has 98 valence electrons. The molecule has 1 N–H and O–H groups in total. The van der Waals surface area contributed by atoms with Gasteiger partial charge in [0.25, 0.3) is 0 Å². The van der Waals surface area contributed by atoms with E-state index < -0.39 is 5.97 Å². The van der Waals surface area contributed by atoms with Crippen LogP contribution >= 0.6 is 0 Å². The minimum atomic E-state index is -0.511. The standard InChI is InChI=1S/C14H13NO4/c1-18-13-11(15-8-16)7-9-5-3-4-6-10(9)12(13)14(17)19-2/h3-8H,1-2H3,(H,15,16). The number of ether oxygens (including phenoxy) is 2. The van der Waals surface area contributed by atoms with Crippen LogP contribution in [0.1, 0.15) is 10.4 Å². The van der Waals surface area contributed by atoms with E-state index in [9.17, 15) is 9.59 Å². The van der Waals surface area contributed by atoms with Gasteiger partial charge >= 0.3 is 5.97 Å². The van der Waals surface area contributed by atoms with Gasteiger partial charge in [-0.15, -0.1) is 0 Å². The van der Waals surface area contributed by atoms with Crippen LogP contribution in [0, 0.1) is 0 Å². The Kier molecular flexibility index (Phi) is 3.66. The maximum absolute atomic E-state index is 11.9. The third-order valence-corrected chi connectivity index (χ3v) is 2.81. The Bertz CT molecular complexity index is 637. The fraction of sp³-hybridized carbons (Fsp3) is 0.143. The molecule has 19 heavy (non-hydrogen) atoms. The van der Waals surface area contributed by atoms with Crippen molar-refractivity contribution < 1.29 is 19.1 Å². The first kappa shape index (κ1) is 12.9. The Morgan fingerprint density at radius 3 is 2.63 bits per heavy atom. The first-order valence-electron chi connectivity index (χ1n) is 5.61. The lowest BCUT2D eigenvalue weighted by Crippen LogP contribution is -2.08. The Hall–Kier alpha value is -2.56. The van der Waals surface area contributed by atoms with E-state index in [2.05, 4.69) is 5.32 Å². The van der Waals surface area contributed by atoms with Gasteiger partial charge in [0.1, 0.15) is 5.56 Å². The van der Waals surface area contributed by atoms with Gasteiger partial charge in [0.2, 0.25) is 6.41 Å². The molecule has 0 aliphatic carbocycles. The first-order valence-corrected chi connectivity index (χ1v) is 5.61. The number of hydrogen-bond donors (Lipinski definition) is 1. The SMILES string of the molecule is COC(=O)c1c(OC)c(NC=O)cc2ccccc12. The summed E-state index contributed by atoms with van der Waals surface area (Å²) in [6.45, 7) is 0. The predicted molar refractivity (Wildman–Crippen MR) is 71.5 cm³/mol. The van der Waals surface area contributed by atoms with Gasteiger partial charge in [-0.05, 0) is 11.5 Å². The van der Waals surface area contributed by atoms with Gasteiger partial charge in [0.15, 0.2) is 5.75 Å². The summed E-state index contributed by atoms with van der Waals surface area (Å²) >= 11 is 0. The molecule has 0 spiro atoms. The van der Waals surface area contributed by atoms with Crippen LogP contribution < -0.4 is 10.1 Å². The summed E-state index contributed by atoms with van der Waals surface area (Å²) in [6.07, 6.45) is 0.535. The van der Waals surface area contributed by atoms with Crippen LogP contribution in [-0.4, -0.2) is 26.6 Å². The van der Waals surface area contributed by atoms with E-state index in [0.29, 0.717) is 23.0 Å². The average Bonchev–Trinajstić information content (AvgIpc) is 2.45. The molecule has 0 aliphatic rings. The second-order valence-corrected chi connectivity index (χ2v) is 3.81. The molecular weight excluding hydrogens is 246 g/mol. The maximum Gasteiger partial charge on any atom is 0.342 e. The number of rotatable bonds is 4. The lowest BCUT2D eigenvalue weighted by Gasteiger charge is -2.14. The molecule has 2 aromatic carbocycles. The second-order valence-electron chi connectivity index (χ2n) is 3.81. The highest BCUT2D eigenvalue weighted by Crippen LogP contribution is 2.36. The molecule has 0 bridgehead atoms. The first-order chi connectivity index (χ1) is 9.22. The highest BCUT2D eigenvalue weighted by Gasteiger charge is 2.20. The third-order valence-electron chi connectivity index (χ3n) is 2.81. The summed E-state index contributed by atoms with van der Waals surface area (Å²) in [5.74, 6) is -0.222. The number of nitrogens with one attached hydrogen (secondary N) is 1. The smallest absolute Gasteiger partial charge is 0.342 e. The van der Waals surface area contributed by atoms with Gasteiger partial charge in [-0.1, -0.05) is 24.3 Å². The Labute approximate surface area is 110 Å². The molecular formula is C14H13NO4. The molecule has 2 aromatic rings. The maximum atomic E-state index is 11.9. The third kappa shape index (κ3) is 2.22. The molecule has 0 heterocycles. The number of carbonyl (C=O) groups excluding carboxylic acids is 2. The molecule has 0 fully saturated rings. The summed E-state index contributed by atoms with van der Waals surface area (Å²) in [5, 5.41) is 4.05. The average molecular weight is 259 g/mol. The van der Waals surface area contributed by atoms with E-state index in [-0.39, 0.29) is 5.75 Å². The molecule has 0 atom stereocenters. The van der Waals surface area contributed by atoms with E-state index in [1.165, 1.54) is 14.2 Å². The predicted octanol–water partition coefficient (Wildman–Crippen LogP) is 2.20. The zero-order chi connectivity index (χ0) is 13.8. The van der Waals surface area contributed by atoms with E-state index in [4.69, 9.17) is 9.47 Å².